The quantitative estimate of drug-likeness (QED) is 0.479. The van der Waals surface area contributed by atoms with Crippen LogP contribution in [0.3, 0.4) is 0 Å². The molecule has 0 saturated carbocycles. The largest absolute Gasteiger partial charge is 0.419 e. The molecule has 1 atom stereocenters. The normalized spacial score (nSPS) is 16.1. The first-order valence-corrected chi connectivity index (χ1v) is 11.7. The molecule has 1 saturated heterocycles. The van der Waals surface area contributed by atoms with Crippen molar-refractivity contribution in [3.8, 4) is 27.6 Å². The summed E-state index contributed by atoms with van der Waals surface area (Å²) in [7, 11) is 1.62. The van der Waals surface area contributed by atoms with E-state index in [0.29, 0.717) is 40.2 Å². The summed E-state index contributed by atoms with van der Waals surface area (Å²) in [6.07, 6.45) is 1.74. The Morgan fingerprint density at radius 2 is 2.03 bits per heavy atom. The van der Waals surface area contributed by atoms with Crippen LogP contribution in [0.5, 0.6) is 0 Å². The van der Waals surface area contributed by atoms with Crippen molar-refractivity contribution in [1.29, 1.82) is 5.26 Å². The second-order valence-electron chi connectivity index (χ2n) is 8.42. The Bertz CT molecular complexity index is 1530. The predicted molar refractivity (Wildman–Crippen MR) is 128 cm³/mol. The van der Waals surface area contributed by atoms with Crippen LogP contribution < -0.4 is 11.5 Å². The number of aryl methyl sites for hydroxylation is 1. The first kappa shape index (κ1) is 22.1. The second kappa shape index (κ2) is 8.56. The summed E-state index contributed by atoms with van der Waals surface area (Å²) >= 11 is 1.31. The maximum absolute atomic E-state index is 14.5. The summed E-state index contributed by atoms with van der Waals surface area (Å²) < 4.78 is 21.1. The van der Waals surface area contributed by atoms with Crippen LogP contribution in [0.2, 0.25) is 0 Å². The third-order valence-corrected chi connectivity index (χ3v) is 7.31. The molecule has 0 unspecified atom stereocenters. The van der Waals surface area contributed by atoms with Crippen molar-refractivity contribution >= 4 is 28.3 Å². The van der Waals surface area contributed by atoms with Gasteiger partial charge in [0.15, 0.2) is 5.58 Å². The number of likely N-dealkylation sites (tertiary alicyclic amines) is 1. The lowest BCUT2D eigenvalue weighted by molar-refractivity contribution is 0.0714. The first-order valence-electron chi connectivity index (χ1n) is 10.8. The van der Waals surface area contributed by atoms with Gasteiger partial charge in [0.05, 0.1) is 16.0 Å². The molecule has 172 valence electrons. The van der Waals surface area contributed by atoms with Crippen LogP contribution in [0.4, 0.5) is 4.39 Å². The van der Waals surface area contributed by atoms with Gasteiger partial charge < -0.3 is 15.1 Å². The molecular weight excluding hydrogens is 455 g/mol. The molecule has 0 radical (unpaired) electrons. The van der Waals surface area contributed by atoms with Gasteiger partial charge in [-0.2, -0.15) is 5.26 Å². The van der Waals surface area contributed by atoms with E-state index in [9.17, 15) is 14.0 Å². The number of aromatic nitrogens is 1. The molecule has 9 heteroatoms. The van der Waals surface area contributed by atoms with Crippen molar-refractivity contribution in [1.82, 2.24) is 9.47 Å². The Morgan fingerprint density at radius 1 is 1.24 bits per heavy atom. The molecule has 1 fully saturated rings. The summed E-state index contributed by atoms with van der Waals surface area (Å²) in [6, 6.07) is 13.3. The van der Waals surface area contributed by atoms with Crippen LogP contribution >= 0.6 is 11.3 Å². The molecule has 0 aliphatic carbocycles. The third kappa shape index (κ3) is 3.81. The minimum absolute atomic E-state index is 0.0472. The molecule has 5 rings (SSSR count). The van der Waals surface area contributed by atoms with Crippen molar-refractivity contribution < 1.29 is 13.6 Å². The van der Waals surface area contributed by atoms with Crippen LogP contribution in [0.15, 0.2) is 51.7 Å². The summed E-state index contributed by atoms with van der Waals surface area (Å²) in [6.45, 7) is 1.14. The number of thiophene rings is 1. The van der Waals surface area contributed by atoms with Crippen LogP contribution in [0, 0.1) is 17.1 Å². The third-order valence-electron chi connectivity index (χ3n) is 6.14. The van der Waals surface area contributed by atoms with Gasteiger partial charge in [-0.05, 0) is 60.4 Å². The summed E-state index contributed by atoms with van der Waals surface area (Å²) in [5, 5.41) is 9.10. The zero-order valence-electron chi connectivity index (χ0n) is 18.4. The number of hydrogen-bond donors (Lipinski definition) is 1. The molecule has 1 amide bonds. The van der Waals surface area contributed by atoms with E-state index in [1.54, 1.807) is 30.1 Å². The van der Waals surface area contributed by atoms with E-state index >= 15 is 0 Å². The van der Waals surface area contributed by atoms with Crippen molar-refractivity contribution in [2.45, 2.75) is 18.9 Å². The van der Waals surface area contributed by atoms with Gasteiger partial charge in [0, 0.05) is 36.6 Å². The van der Waals surface area contributed by atoms with Crippen molar-refractivity contribution in [3.05, 3.63) is 69.3 Å². The minimum atomic E-state index is -0.625. The lowest BCUT2D eigenvalue weighted by atomic mass is 10.0. The van der Waals surface area contributed by atoms with Crippen molar-refractivity contribution in [2.24, 2.45) is 12.8 Å². The number of nitriles is 1. The summed E-state index contributed by atoms with van der Waals surface area (Å²) in [5.41, 5.74) is 9.09. The van der Waals surface area contributed by atoms with E-state index in [4.69, 9.17) is 15.4 Å². The lowest BCUT2D eigenvalue weighted by Crippen LogP contribution is -2.45. The molecule has 0 bridgehead atoms. The molecule has 1 aliphatic rings. The molecule has 1 aliphatic heterocycles. The van der Waals surface area contributed by atoms with Crippen LogP contribution in [-0.2, 0) is 7.05 Å². The van der Waals surface area contributed by atoms with E-state index in [1.165, 1.54) is 28.0 Å². The Kier molecular flexibility index (Phi) is 5.55. The highest BCUT2D eigenvalue weighted by Gasteiger charge is 2.26. The van der Waals surface area contributed by atoms with Gasteiger partial charge in [-0.25, -0.2) is 9.18 Å². The van der Waals surface area contributed by atoms with E-state index in [2.05, 4.69) is 0 Å². The van der Waals surface area contributed by atoms with Gasteiger partial charge in [-0.15, -0.1) is 11.3 Å². The fraction of sp³-hybridized carbons (Fsp3) is 0.240. The van der Waals surface area contributed by atoms with Gasteiger partial charge in [0.1, 0.15) is 11.9 Å². The van der Waals surface area contributed by atoms with Gasteiger partial charge in [-0.3, -0.25) is 9.36 Å². The molecule has 0 spiro atoms. The van der Waals surface area contributed by atoms with E-state index in [-0.39, 0.29) is 17.5 Å². The van der Waals surface area contributed by atoms with Crippen LogP contribution in [0.25, 0.3) is 32.7 Å². The monoisotopic (exact) mass is 476 g/mol. The number of fused-ring (bicyclic) bond motifs is 1. The maximum atomic E-state index is 14.5. The molecule has 2 aromatic heterocycles. The maximum Gasteiger partial charge on any atom is 0.419 e. The van der Waals surface area contributed by atoms with Crippen LogP contribution in [-0.4, -0.2) is 34.5 Å². The van der Waals surface area contributed by atoms with E-state index in [1.807, 2.05) is 18.2 Å². The first-order chi connectivity index (χ1) is 16.4. The number of oxazole rings is 1. The van der Waals surface area contributed by atoms with Crippen LogP contribution in [0.1, 0.15) is 28.1 Å². The van der Waals surface area contributed by atoms with Crippen molar-refractivity contribution in [3.63, 3.8) is 0 Å². The Hall–Kier alpha value is -3.74. The number of carbonyl (C=O) groups excluding carboxylic acids is 1. The molecule has 3 heterocycles. The summed E-state index contributed by atoms with van der Waals surface area (Å²) in [4.78, 5) is 28.3. The smallest absolute Gasteiger partial charge is 0.408 e. The zero-order chi connectivity index (χ0) is 24.0. The number of rotatable bonds is 3. The van der Waals surface area contributed by atoms with E-state index < -0.39 is 11.6 Å². The van der Waals surface area contributed by atoms with Gasteiger partial charge >= 0.3 is 5.76 Å². The number of hydrogen-bond acceptors (Lipinski definition) is 6. The minimum Gasteiger partial charge on any atom is -0.408 e. The second-order valence-corrected chi connectivity index (χ2v) is 9.48. The average molecular weight is 477 g/mol. The molecule has 34 heavy (non-hydrogen) atoms. The summed E-state index contributed by atoms with van der Waals surface area (Å²) in [5.74, 6) is -1.21. The van der Waals surface area contributed by atoms with E-state index in [0.717, 1.165) is 23.3 Å². The van der Waals surface area contributed by atoms with Gasteiger partial charge in [-0.1, -0.05) is 6.07 Å². The molecule has 7 nitrogen and oxygen atoms in total. The Morgan fingerprint density at radius 3 is 2.76 bits per heavy atom. The number of amides is 1. The fourth-order valence-corrected chi connectivity index (χ4v) is 5.46. The number of nitrogens with zero attached hydrogens (tertiary/aromatic N) is 3. The molecule has 2 N–H and O–H groups in total. The SMILES string of the molecule is Cn1c(=O)oc2ccc(-c3sc(C(=O)N4CCC[C@@H](N)C4)cc3-c3ccc(C#N)c(F)c3)cc21. The fourth-order valence-electron chi connectivity index (χ4n) is 4.32. The van der Waals surface area contributed by atoms with Crippen molar-refractivity contribution in [2.75, 3.05) is 13.1 Å². The van der Waals surface area contributed by atoms with Gasteiger partial charge in [0.2, 0.25) is 0 Å². The zero-order valence-corrected chi connectivity index (χ0v) is 19.2. The number of piperidine rings is 1. The predicted octanol–water partition coefficient (Wildman–Crippen LogP) is 4.10. The molecular formula is C25H21FN4O3S. The molecule has 4 aromatic rings. The number of halogens is 1. The Balaban J connectivity index is 1.66. The standard InChI is InChI=1S/C25H21FN4O3S/c1-29-20-10-15(6-7-21(20)33-25(29)32)23-18(14-4-5-16(12-27)19(26)9-14)11-22(34-23)24(31)30-8-2-3-17(28)13-30/h4-7,9-11,17H,2-3,8,13,28H2,1H3/t17-/m1/s1. The molecule has 2 aromatic carbocycles. The average Bonchev–Trinajstić information content (AvgIpc) is 3.40. The highest BCUT2D eigenvalue weighted by atomic mass is 32.1. The topological polar surface area (TPSA) is 105 Å². The highest BCUT2D eigenvalue weighted by molar-refractivity contribution is 7.18. The lowest BCUT2D eigenvalue weighted by Gasteiger charge is -2.30. The van der Waals surface area contributed by atoms with Gasteiger partial charge in [0.25, 0.3) is 5.91 Å². The number of carbonyl (C=O) groups is 1. The highest BCUT2D eigenvalue weighted by Crippen LogP contribution is 2.41. The number of benzene rings is 2. The Labute approximate surface area is 198 Å². The number of nitrogens with two attached hydrogens (primary N) is 1.